The van der Waals surface area contributed by atoms with Gasteiger partial charge in [0.1, 0.15) is 4.88 Å². The molecule has 0 saturated carbocycles. The molecular formula is C16H20N2O3S. The second-order valence-electron chi connectivity index (χ2n) is 4.79. The van der Waals surface area contributed by atoms with Crippen LogP contribution in [0.15, 0.2) is 30.3 Å². The van der Waals surface area contributed by atoms with Crippen molar-refractivity contribution in [3.8, 4) is 0 Å². The van der Waals surface area contributed by atoms with Gasteiger partial charge in [-0.05, 0) is 19.1 Å². The predicted octanol–water partition coefficient (Wildman–Crippen LogP) is 3.06. The Morgan fingerprint density at radius 2 is 2.09 bits per heavy atom. The molecule has 0 bridgehead atoms. The Bertz CT molecular complexity index is 613. The van der Waals surface area contributed by atoms with Gasteiger partial charge in [-0.1, -0.05) is 18.2 Å². The lowest BCUT2D eigenvalue weighted by Crippen LogP contribution is -2.25. The summed E-state index contributed by atoms with van der Waals surface area (Å²) in [5.41, 5.74) is 1.68. The number of rotatable bonds is 8. The molecule has 0 aliphatic heterocycles. The van der Waals surface area contributed by atoms with E-state index in [4.69, 9.17) is 4.74 Å². The Kier molecular flexibility index (Phi) is 5.91. The number of anilines is 1. The van der Waals surface area contributed by atoms with Gasteiger partial charge < -0.3 is 14.7 Å². The molecule has 0 aliphatic carbocycles. The van der Waals surface area contributed by atoms with Crippen LogP contribution in [0.2, 0.25) is 0 Å². The molecule has 0 radical (unpaired) electrons. The molecule has 0 aliphatic rings. The van der Waals surface area contributed by atoms with E-state index in [0.717, 1.165) is 30.2 Å². The van der Waals surface area contributed by atoms with Crippen LogP contribution in [0.1, 0.15) is 27.3 Å². The highest BCUT2D eigenvalue weighted by Crippen LogP contribution is 2.21. The third kappa shape index (κ3) is 4.05. The molecule has 1 N–H and O–H groups in total. The minimum atomic E-state index is -0.939. The van der Waals surface area contributed by atoms with E-state index in [0.29, 0.717) is 5.69 Å². The molecule has 6 heteroatoms. The van der Waals surface area contributed by atoms with E-state index in [-0.39, 0.29) is 11.5 Å². The number of aromatic carboxylic acids is 1. The summed E-state index contributed by atoms with van der Waals surface area (Å²) in [6, 6.07) is 10.2. The van der Waals surface area contributed by atoms with E-state index in [2.05, 4.69) is 28.9 Å². The molecule has 0 atom stereocenters. The molecule has 2 aromatic rings. The van der Waals surface area contributed by atoms with Crippen LogP contribution in [-0.2, 0) is 17.8 Å². The molecule has 118 valence electrons. The van der Waals surface area contributed by atoms with Crippen LogP contribution >= 0.6 is 11.3 Å². The van der Waals surface area contributed by atoms with Crippen LogP contribution in [-0.4, -0.2) is 36.3 Å². The van der Waals surface area contributed by atoms with Gasteiger partial charge in [0, 0.05) is 32.3 Å². The number of carboxylic acid groups (broad SMARTS) is 1. The third-order valence-electron chi connectivity index (χ3n) is 3.32. The number of nitrogens with zero attached hydrogens (tertiary/aromatic N) is 2. The first kappa shape index (κ1) is 16.5. The summed E-state index contributed by atoms with van der Waals surface area (Å²) in [6.45, 7) is 4.04. The van der Waals surface area contributed by atoms with Crippen LogP contribution in [0.3, 0.4) is 0 Å². The van der Waals surface area contributed by atoms with Crippen LogP contribution in [0.25, 0.3) is 0 Å². The average Bonchev–Trinajstić information content (AvgIpc) is 2.93. The number of hydrogen-bond acceptors (Lipinski definition) is 5. The second-order valence-corrected chi connectivity index (χ2v) is 5.87. The van der Waals surface area contributed by atoms with Crippen LogP contribution in [0.4, 0.5) is 5.69 Å². The zero-order valence-electron chi connectivity index (χ0n) is 12.8. The van der Waals surface area contributed by atoms with Gasteiger partial charge in [-0.3, -0.25) is 0 Å². The predicted molar refractivity (Wildman–Crippen MR) is 87.8 cm³/mol. The van der Waals surface area contributed by atoms with E-state index in [9.17, 15) is 9.90 Å². The Labute approximate surface area is 134 Å². The van der Waals surface area contributed by atoms with E-state index in [1.807, 2.05) is 18.2 Å². The largest absolute Gasteiger partial charge is 0.477 e. The van der Waals surface area contributed by atoms with Crippen LogP contribution in [0, 0.1) is 0 Å². The zero-order valence-corrected chi connectivity index (χ0v) is 13.6. The van der Waals surface area contributed by atoms with E-state index >= 15 is 0 Å². The number of ether oxygens (including phenoxy) is 1. The first-order valence-corrected chi connectivity index (χ1v) is 7.98. The van der Waals surface area contributed by atoms with Crippen molar-refractivity contribution >= 4 is 23.0 Å². The maximum absolute atomic E-state index is 11.2. The van der Waals surface area contributed by atoms with Crippen molar-refractivity contribution in [1.29, 1.82) is 0 Å². The molecule has 0 unspecified atom stereocenters. The number of methoxy groups -OCH3 is 1. The quantitative estimate of drug-likeness (QED) is 0.810. The summed E-state index contributed by atoms with van der Waals surface area (Å²) in [5.74, 6) is -0.939. The van der Waals surface area contributed by atoms with Gasteiger partial charge >= 0.3 is 5.97 Å². The van der Waals surface area contributed by atoms with Crippen molar-refractivity contribution in [2.24, 2.45) is 0 Å². The topological polar surface area (TPSA) is 62.7 Å². The minimum Gasteiger partial charge on any atom is -0.477 e. The van der Waals surface area contributed by atoms with E-state index in [1.54, 1.807) is 7.11 Å². The Morgan fingerprint density at radius 3 is 2.68 bits per heavy atom. The van der Waals surface area contributed by atoms with Crippen molar-refractivity contribution in [1.82, 2.24) is 4.98 Å². The first-order chi connectivity index (χ1) is 10.7. The average molecular weight is 320 g/mol. The number of thiazole rings is 1. The van der Waals surface area contributed by atoms with Gasteiger partial charge in [-0.2, -0.15) is 0 Å². The first-order valence-electron chi connectivity index (χ1n) is 7.16. The number of aromatic nitrogens is 1. The molecular weight excluding hydrogens is 300 g/mol. The van der Waals surface area contributed by atoms with E-state index in [1.165, 1.54) is 11.3 Å². The molecule has 1 aromatic heterocycles. The normalized spacial score (nSPS) is 10.6. The van der Waals surface area contributed by atoms with Crippen molar-refractivity contribution in [3.05, 3.63) is 45.9 Å². The highest BCUT2D eigenvalue weighted by Gasteiger charge is 2.17. The van der Waals surface area contributed by atoms with Gasteiger partial charge in [0.05, 0.1) is 17.3 Å². The van der Waals surface area contributed by atoms with Gasteiger partial charge in [0.15, 0.2) is 0 Å². The number of likely N-dealkylation sites (N-methyl/N-ethyl adjacent to an activating group) is 1. The van der Waals surface area contributed by atoms with Crippen LogP contribution in [0.5, 0.6) is 0 Å². The smallest absolute Gasteiger partial charge is 0.347 e. The SMILES string of the molecule is CCN(CCc1nc(COC)c(C(=O)O)s1)c1ccccc1. The number of carboxylic acids is 1. The summed E-state index contributed by atoms with van der Waals surface area (Å²) >= 11 is 1.24. The molecule has 1 heterocycles. The number of para-hydroxylation sites is 1. The molecule has 22 heavy (non-hydrogen) atoms. The fourth-order valence-electron chi connectivity index (χ4n) is 2.25. The Balaban J connectivity index is 2.07. The molecule has 2 rings (SSSR count). The van der Waals surface area contributed by atoms with Crippen LogP contribution < -0.4 is 4.90 Å². The number of carbonyl (C=O) groups is 1. The van der Waals surface area contributed by atoms with Crippen molar-refractivity contribution in [2.75, 3.05) is 25.1 Å². The fraction of sp³-hybridized carbons (Fsp3) is 0.375. The monoisotopic (exact) mass is 320 g/mol. The summed E-state index contributed by atoms with van der Waals surface area (Å²) in [6.07, 6.45) is 0.720. The van der Waals surface area contributed by atoms with Crippen molar-refractivity contribution in [2.45, 2.75) is 20.0 Å². The van der Waals surface area contributed by atoms with Crippen molar-refractivity contribution in [3.63, 3.8) is 0 Å². The highest BCUT2D eigenvalue weighted by atomic mass is 32.1. The number of hydrogen-bond donors (Lipinski definition) is 1. The molecule has 0 saturated heterocycles. The van der Waals surface area contributed by atoms with Gasteiger partial charge in [-0.25, -0.2) is 9.78 Å². The maximum Gasteiger partial charge on any atom is 0.347 e. The number of benzene rings is 1. The van der Waals surface area contributed by atoms with Crippen molar-refractivity contribution < 1.29 is 14.6 Å². The lowest BCUT2D eigenvalue weighted by Gasteiger charge is -2.22. The molecule has 0 amide bonds. The molecule has 0 spiro atoms. The fourth-order valence-corrected chi connectivity index (χ4v) is 3.14. The molecule has 1 aromatic carbocycles. The Morgan fingerprint density at radius 1 is 1.36 bits per heavy atom. The third-order valence-corrected chi connectivity index (χ3v) is 4.46. The maximum atomic E-state index is 11.2. The van der Waals surface area contributed by atoms with Gasteiger partial charge in [0.2, 0.25) is 0 Å². The lowest BCUT2D eigenvalue weighted by molar-refractivity contribution is 0.0697. The van der Waals surface area contributed by atoms with Gasteiger partial charge in [0.25, 0.3) is 0 Å². The summed E-state index contributed by atoms with van der Waals surface area (Å²) < 4.78 is 5.02. The summed E-state index contributed by atoms with van der Waals surface area (Å²) in [7, 11) is 1.54. The minimum absolute atomic E-state index is 0.230. The molecule has 5 nitrogen and oxygen atoms in total. The van der Waals surface area contributed by atoms with E-state index < -0.39 is 5.97 Å². The summed E-state index contributed by atoms with van der Waals surface area (Å²) in [4.78, 5) is 18.2. The van der Waals surface area contributed by atoms with Gasteiger partial charge in [-0.15, -0.1) is 11.3 Å². The lowest BCUT2D eigenvalue weighted by atomic mass is 10.2. The zero-order chi connectivity index (χ0) is 15.9. The summed E-state index contributed by atoms with van der Waals surface area (Å²) in [5, 5.41) is 10.0. The standard InChI is InChI=1S/C16H20N2O3S/c1-3-18(12-7-5-4-6-8-12)10-9-14-17-13(11-21-2)15(22-14)16(19)20/h4-8H,3,9-11H2,1-2H3,(H,19,20). The Hall–Kier alpha value is -1.92. The highest BCUT2D eigenvalue weighted by molar-refractivity contribution is 7.13. The second kappa shape index (κ2) is 7.91. The molecule has 0 fully saturated rings.